The number of nitrogens with zero attached hydrogens (tertiary/aromatic N) is 2. The van der Waals surface area contributed by atoms with Crippen LogP contribution in [0.3, 0.4) is 0 Å². The minimum atomic E-state index is 0.132. The minimum Gasteiger partial charge on any atom is -0.385 e. The molecule has 0 aliphatic carbocycles. The molecule has 1 aliphatic heterocycles. The Balaban J connectivity index is 1.44. The van der Waals surface area contributed by atoms with Crippen molar-refractivity contribution in [1.29, 1.82) is 0 Å². The van der Waals surface area contributed by atoms with Crippen LogP contribution in [0, 0.1) is 5.92 Å². The van der Waals surface area contributed by atoms with Crippen LogP contribution in [0.15, 0.2) is 72.8 Å². The van der Waals surface area contributed by atoms with Gasteiger partial charge in [0.05, 0.1) is 0 Å². The highest BCUT2D eigenvalue weighted by Gasteiger charge is 2.25. The molecule has 1 aliphatic rings. The van der Waals surface area contributed by atoms with Crippen molar-refractivity contribution in [2.24, 2.45) is 5.92 Å². The third-order valence-electron chi connectivity index (χ3n) is 6.39. The summed E-state index contributed by atoms with van der Waals surface area (Å²) in [6, 6.07) is 25.0. The smallest absolute Gasteiger partial charge is 0.253 e. The number of carbonyl (C=O) groups excluding carboxylic acids is 1. The Morgan fingerprint density at radius 2 is 1.81 bits per heavy atom. The van der Waals surface area contributed by atoms with Crippen molar-refractivity contribution in [3.8, 4) is 0 Å². The lowest BCUT2D eigenvalue weighted by Gasteiger charge is -2.36. The van der Waals surface area contributed by atoms with Crippen LogP contribution in [-0.4, -0.2) is 55.6 Å². The van der Waals surface area contributed by atoms with E-state index in [9.17, 15) is 4.79 Å². The number of benzene rings is 3. The molecule has 1 saturated heterocycles. The van der Waals surface area contributed by atoms with E-state index in [1.807, 2.05) is 24.3 Å². The molecule has 1 amide bonds. The van der Waals surface area contributed by atoms with Gasteiger partial charge < -0.3 is 9.64 Å². The maximum Gasteiger partial charge on any atom is 0.253 e. The Morgan fingerprint density at radius 3 is 2.62 bits per heavy atom. The van der Waals surface area contributed by atoms with Gasteiger partial charge >= 0.3 is 0 Å². The Bertz CT molecular complexity index is 1000. The van der Waals surface area contributed by atoms with Gasteiger partial charge in [-0.3, -0.25) is 9.69 Å². The molecule has 0 N–H and O–H groups in total. The zero-order chi connectivity index (χ0) is 22.2. The molecule has 4 heteroatoms. The van der Waals surface area contributed by atoms with Crippen LogP contribution in [0.2, 0.25) is 0 Å². The first-order valence-corrected chi connectivity index (χ1v) is 11.8. The molecule has 1 atom stereocenters. The molecular weight excluding hydrogens is 396 g/mol. The number of carbonyl (C=O) groups is 1. The summed E-state index contributed by atoms with van der Waals surface area (Å²) in [6.07, 6.45) is 3.22. The Hall–Kier alpha value is -2.69. The lowest BCUT2D eigenvalue weighted by molar-refractivity contribution is 0.0651. The summed E-state index contributed by atoms with van der Waals surface area (Å²) in [5, 5.41) is 2.28. The van der Waals surface area contributed by atoms with Gasteiger partial charge in [-0.15, -0.1) is 0 Å². The van der Waals surface area contributed by atoms with Crippen LogP contribution in [0.25, 0.3) is 10.8 Å². The maximum absolute atomic E-state index is 13.5. The maximum atomic E-state index is 13.5. The van der Waals surface area contributed by atoms with E-state index >= 15 is 0 Å². The number of hydrogen-bond acceptors (Lipinski definition) is 3. The number of methoxy groups -OCH3 is 1. The van der Waals surface area contributed by atoms with Gasteiger partial charge in [0.1, 0.15) is 0 Å². The van der Waals surface area contributed by atoms with Crippen LogP contribution >= 0.6 is 0 Å². The molecule has 3 aromatic rings. The molecule has 0 saturated carbocycles. The van der Waals surface area contributed by atoms with Crippen molar-refractivity contribution >= 4 is 16.7 Å². The highest BCUT2D eigenvalue weighted by Crippen LogP contribution is 2.22. The van der Waals surface area contributed by atoms with Crippen LogP contribution in [0.1, 0.15) is 35.2 Å². The molecule has 0 radical (unpaired) electrons. The summed E-state index contributed by atoms with van der Waals surface area (Å²) < 4.78 is 5.26. The first-order valence-electron chi connectivity index (χ1n) is 11.8. The summed E-state index contributed by atoms with van der Waals surface area (Å²) >= 11 is 0. The molecular formula is C28H34N2O2. The largest absolute Gasteiger partial charge is 0.385 e. The SMILES string of the molecule is COCCCN(CC1CCCN(Cc2ccccc2)C1)C(=O)c1ccc2ccccc2c1. The van der Waals surface area contributed by atoms with Gasteiger partial charge in [-0.1, -0.05) is 60.7 Å². The number of ether oxygens (including phenoxy) is 1. The van der Waals surface area contributed by atoms with Gasteiger partial charge in [0.15, 0.2) is 0 Å². The number of hydrogen-bond donors (Lipinski definition) is 0. The molecule has 1 fully saturated rings. The zero-order valence-corrected chi connectivity index (χ0v) is 19.1. The van der Waals surface area contributed by atoms with Gasteiger partial charge in [-0.2, -0.15) is 0 Å². The lowest BCUT2D eigenvalue weighted by atomic mass is 9.96. The van der Waals surface area contributed by atoms with Crippen molar-refractivity contribution in [3.05, 3.63) is 83.9 Å². The van der Waals surface area contributed by atoms with E-state index in [0.29, 0.717) is 12.5 Å². The van der Waals surface area contributed by atoms with Crippen molar-refractivity contribution in [3.63, 3.8) is 0 Å². The Labute approximate surface area is 191 Å². The average Bonchev–Trinajstić information content (AvgIpc) is 2.84. The second-order valence-electron chi connectivity index (χ2n) is 8.89. The second kappa shape index (κ2) is 11.3. The van der Waals surface area contributed by atoms with Gasteiger partial charge in [0, 0.05) is 45.5 Å². The highest BCUT2D eigenvalue weighted by molar-refractivity contribution is 5.98. The monoisotopic (exact) mass is 430 g/mol. The van der Waals surface area contributed by atoms with Crippen LogP contribution in [-0.2, 0) is 11.3 Å². The van der Waals surface area contributed by atoms with Crippen molar-refractivity contribution in [1.82, 2.24) is 9.80 Å². The molecule has 32 heavy (non-hydrogen) atoms. The molecule has 168 valence electrons. The van der Waals surface area contributed by atoms with E-state index < -0.39 is 0 Å². The van der Waals surface area contributed by atoms with Crippen molar-refractivity contribution < 1.29 is 9.53 Å². The molecule has 0 bridgehead atoms. The molecule has 4 nitrogen and oxygen atoms in total. The second-order valence-corrected chi connectivity index (χ2v) is 8.89. The van der Waals surface area contributed by atoms with E-state index in [-0.39, 0.29) is 5.91 Å². The summed E-state index contributed by atoms with van der Waals surface area (Å²) in [7, 11) is 1.72. The quantitative estimate of drug-likeness (QED) is 0.436. The van der Waals surface area contributed by atoms with Gasteiger partial charge in [0.25, 0.3) is 5.91 Å². The van der Waals surface area contributed by atoms with Crippen LogP contribution < -0.4 is 0 Å². The van der Waals surface area contributed by atoms with Crippen LogP contribution in [0.4, 0.5) is 0 Å². The number of likely N-dealkylation sites (tertiary alicyclic amines) is 1. The van der Waals surface area contributed by atoms with Crippen molar-refractivity contribution in [2.75, 3.05) is 39.9 Å². The first-order chi connectivity index (χ1) is 15.7. The van der Waals surface area contributed by atoms with E-state index in [2.05, 4.69) is 58.3 Å². The topological polar surface area (TPSA) is 32.8 Å². The normalized spacial score (nSPS) is 16.8. The molecule has 0 aromatic heterocycles. The number of fused-ring (bicyclic) bond motifs is 1. The fourth-order valence-electron chi connectivity index (χ4n) is 4.78. The molecule has 1 unspecified atom stereocenters. The fraction of sp³-hybridized carbons (Fsp3) is 0.393. The summed E-state index contributed by atoms with van der Waals surface area (Å²) in [5.74, 6) is 0.631. The van der Waals surface area contributed by atoms with E-state index in [1.165, 1.54) is 23.8 Å². The van der Waals surface area contributed by atoms with E-state index in [4.69, 9.17) is 4.74 Å². The fourth-order valence-corrected chi connectivity index (χ4v) is 4.78. The number of rotatable bonds is 9. The van der Waals surface area contributed by atoms with Crippen LogP contribution in [0.5, 0.6) is 0 Å². The third kappa shape index (κ3) is 5.96. The summed E-state index contributed by atoms with van der Waals surface area (Å²) in [4.78, 5) is 18.1. The Morgan fingerprint density at radius 1 is 1.03 bits per heavy atom. The van der Waals surface area contributed by atoms with Gasteiger partial charge in [0.2, 0.25) is 0 Å². The standard InChI is InChI=1S/C28H34N2O2/c1-32-18-8-17-30(28(31)27-15-14-25-12-5-6-13-26(25)19-27)22-24-11-7-16-29(21-24)20-23-9-3-2-4-10-23/h2-6,9-10,12-15,19,24H,7-8,11,16-18,20-22H2,1H3. The third-order valence-corrected chi connectivity index (χ3v) is 6.39. The zero-order valence-electron chi connectivity index (χ0n) is 19.1. The molecule has 1 heterocycles. The summed E-state index contributed by atoms with van der Waals surface area (Å²) in [5.41, 5.74) is 2.13. The average molecular weight is 431 g/mol. The lowest BCUT2D eigenvalue weighted by Crippen LogP contribution is -2.43. The summed E-state index contributed by atoms with van der Waals surface area (Å²) in [6.45, 7) is 5.37. The first kappa shape index (κ1) is 22.5. The van der Waals surface area contributed by atoms with Gasteiger partial charge in [-0.05, 0) is 60.2 Å². The van der Waals surface area contributed by atoms with E-state index in [0.717, 1.165) is 50.1 Å². The van der Waals surface area contributed by atoms with Crippen molar-refractivity contribution in [2.45, 2.75) is 25.8 Å². The number of piperidine rings is 1. The predicted molar refractivity (Wildman–Crippen MR) is 131 cm³/mol. The highest BCUT2D eigenvalue weighted by atomic mass is 16.5. The molecule has 3 aromatic carbocycles. The minimum absolute atomic E-state index is 0.132. The predicted octanol–water partition coefficient (Wildman–Crippen LogP) is 5.23. The molecule has 4 rings (SSSR count). The van der Waals surface area contributed by atoms with E-state index in [1.54, 1.807) is 7.11 Å². The van der Waals surface area contributed by atoms with Gasteiger partial charge in [-0.25, -0.2) is 0 Å². The Kier molecular flexibility index (Phi) is 7.92. The molecule has 0 spiro atoms. The number of amides is 1.